The molecule has 6 nitrogen and oxygen atoms in total. The van der Waals surface area contributed by atoms with Crippen molar-refractivity contribution < 1.29 is 19.1 Å². The van der Waals surface area contributed by atoms with Gasteiger partial charge in [-0.05, 0) is 18.2 Å². The number of pyridine rings is 1. The highest BCUT2D eigenvalue weighted by molar-refractivity contribution is 5.91. The van der Waals surface area contributed by atoms with Crippen LogP contribution >= 0.6 is 0 Å². The second kappa shape index (κ2) is 6.00. The first-order chi connectivity index (χ1) is 9.97. The fourth-order valence-electron chi connectivity index (χ4n) is 1.69. The van der Waals surface area contributed by atoms with Gasteiger partial charge in [0.1, 0.15) is 12.4 Å². The topological polar surface area (TPSA) is 88.4 Å². The molecule has 2 N–H and O–H groups in total. The van der Waals surface area contributed by atoms with E-state index in [2.05, 4.69) is 5.32 Å². The maximum Gasteiger partial charge on any atom is 0.337 e. The number of nitrogens with one attached hydrogen (secondary N) is 1. The molecule has 0 saturated heterocycles. The molecule has 0 spiro atoms. The summed E-state index contributed by atoms with van der Waals surface area (Å²) < 4.78 is 14.3. The predicted molar refractivity (Wildman–Crippen MR) is 72.7 cm³/mol. The van der Waals surface area contributed by atoms with Crippen LogP contribution in [0.4, 0.5) is 10.1 Å². The fraction of sp³-hybridized carbons (Fsp3) is 0.0714. The number of hydrogen-bond donors (Lipinski definition) is 2. The minimum atomic E-state index is -1.21. The average Bonchev–Trinajstić information content (AvgIpc) is 2.43. The third kappa shape index (κ3) is 3.53. The van der Waals surface area contributed by atoms with E-state index in [1.807, 2.05) is 0 Å². The van der Waals surface area contributed by atoms with Gasteiger partial charge < -0.3 is 15.0 Å². The number of carboxylic acids is 1. The number of benzene rings is 1. The van der Waals surface area contributed by atoms with Gasteiger partial charge in [-0.15, -0.1) is 0 Å². The van der Waals surface area contributed by atoms with E-state index in [-0.39, 0.29) is 11.3 Å². The van der Waals surface area contributed by atoms with Gasteiger partial charge in [-0.1, -0.05) is 12.1 Å². The molecule has 7 heteroatoms. The summed E-state index contributed by atoms with van der Waals surface area (Å²) in [6.45, 7) is -0.408. The number of carbonyl (C=O) groups is 2. The summed E-state index contributed by atoms with van der Waals surface area (Å²) in [6, 6.07) is 7.80. The molecule has 1 aromatic carbocycles. The van der Waals surface area contributed by atoms with Crippen LogP contribution in [0.3, 0.4) is 0 Å². The van der Waals surface area contributed by atoms with Crippen molar-refractivity contribution >= 4 is 17.6 Å². The van der Waals surface area contributed by atoms with Gasteiger partial charge in [0.25, 0.3) is 5.56 Å². The molecule has 0 saturated carbocycles. The summed E-state index contributed by atoms with van der Waals surface area (Å²) in [4.78, 5) is 34.2. The van der Waals surface area contributed by atoms with Crippen LogP contribution in [0.25, 0.3) is 0 Å². The van der Waals surface area contributed by atoms with Crippen molar-refractivity contribution in [3.8, 4) is 0 Å². The number of carboxylic acid groups (broad SMARTS) is 1. The maximum absolute atomic E-state index is 13.4. The van der Waals surface area contributed by atoms with E-state index in [9.17, 15) is 18.8 Å². The Morgan fingerprint density at radius 2 is 1.90 bits per heavy atom. The van der Waals surface area contributed by atoms with Gasteiger partial charge in [0.2, 0.25) is 5.91 Å². The minimum Gasteiger partial charge on any atom is -0.478 e. The molecule has 0 unspecified atom stereocenters. The Morgan fingerprint density at radius 1 is 1.19 bits per heavy atom. The lowest BCUT2D eigenvalue weighted by molar-refractivity contribution is -0.116. The van der Waals surface area contributed by atoms with E-state index >= 15 is 0 Å². The van der Waals surface area contributed by atoms with E-state index in [0.717, 1.165) is 22.9 Å². The Kier molecular flexibility index (Phi) is 4.13. The first-order valence-corrected chi connectivity index (χ1v) is 5.95. The summed E-state index contributed by atoms with van der Waals surface area (Å²) in [7, 11) is 0. The number of aromatic nitrogens is 1. The van der Waals surface area contributed by atoms with Crippen LogP contribution < -0.4 is 10.9 Å². The zero-order valence-electron chi connectivity index (χ0n) is 10.7. The lowest BCUT2D eigenvalue weighted by Crippen LogP contribution is -2.27. The van der Waals surface area contributed by atoms with Crippen molar-refractivity contribution in [2.24, 2.45) is 0 Å². The summed E-state index contributed by atoms with van der Waals surface area (Å²) in [6.07, 6.45) is 1.06. The molecule has 1 aromatic heterocycles. The van der Waals surface area contributed by atoms with Crippen LogP contribution in [0.2, 0.25) is 0 Å². The molecule has 0 aliphatic rings. The standard InChI is InChI=1S/C14H11FN2O4/c15-10-3-1-2-4-11(10)16-12(18)8-17-7-9(14(20)21)5-6-13(17)19/h1-7H,8H2,(H,16,18)(H,20,21). The highest BCUT2D eigenvalue weighted by atomic mass is 19.1. The summed E-state index contributed by atoms with van der Waals surface area (Å²) in [5, 5.41) is 11.2. The number of rotatable bonds is 4. The zero-order valence-corrected chi connectivity index (χ0v) is 10.7. The minimum absolute atomic E-state index is 0.00932. The largest absolute Gasteiger partial charge is 0.478 e. The van der Waals surface area contributed by atoms with Crippen LogP contribution in [0.15, 0.2) is 47.4 Å². The highest BCUT2D eigenvalue weighted by Gasteiger charge is 2.10. The Hall–Kier alpha value is -2.96. The number of aromatic carboxylic acids is 1. The monoisotopic (exact) mass is 290 g/mol. The summed E-state index contributed by atoms with van der Waals surface area (Å²) in [5.41, 5.74) is -0.651. The van der Waals surface area contributed by atoms with E-state index in [0.29, 0.717) is 0 Å². The van der Waals surface area contributed by atoms with Gasteiger partial charge >= 0.3 is 5.97 Å². The molecule has 0 radical (unpaired) electrons. The smallest absolute Gasteiger partial charge is 0.337 e. The Morgan fingerprint density at radius 3 is 2.57 bits per heavy atom. The van der Waals surface area contributed by atoms with Crippen molar-refractivity contribution in [1.29, 1.82) is 0 Å². The maximum atomic E-state index is 13.4. The number of halogens is 1. The summed E-state index contributed by atoms with van der Waals surface area (Å²) in [5.74, 6) is -2.44. The third-order valence-corrected chi connectivity index (χ3v) is 2.69. The van der Waals surface area contributed by atoms with Crippen LogP contribution in [-0.2, 0) is 11.3 Å². The zero-order chi connectivity index (χ0) is 15.4. The molecule has 1 amide bonds. The first kappa shape index (κ1) is 14.4. The van der Waals surface area contributed by atoms with Crippen molar-refractivity contribution in [3.63, 3.8) is 0 Å². The number of carbonyl (C=O) groups excluding carboxylic acids is 1. The van der Waals surface area contributed by atoms with Gasteiger partial charge in [0.05, 0.1) is 11.3 Å². The van der Waals surface area contributed by atoms with Crippen LogP contribution in [-0.4, -0.2) is 21.6 Å². The van der Waals surface area contributed by atoms with E-state index in [1.54, 1.807) is 6.07 Å². The Bertz CT molecular complexity index is 755. The molecule has 0 bridgehead atoms. The molecule has 2 aromatic rings. The van der Waals surface area contributed by atoms with Gasteiger partial charge in [-0.3, -0.25) is 9.59 Å². The van der Waals surface area contributed by atoms with Crippen molar-refractivity contribution in [3.05, 3.63) is 64.3 Å². The number of amides is 1. The van der Waals surface area contributed by atoms with E-state index in [1.165, 1.54) is 18.2 Å². The first-order valence-electron chi connectivity index (χ1n) is 5.95. The van der Waals surface area contributed by atoms with E-state index in [4.69, 9.17) is 5.11 Å². The predicted octanol–water partition coefficient (Wildman–Crippen LogP) is 1.32. The molecular weight excluding hydrogens is 279 g/mol. The van der Waals surface area contributed by atoms with Crippen molar-refractivity contribution in [1.82, 2.24) is 4.57 Å². The molecule has 108 valence electrons. The van der Waals surface area contributed by atoms with Gasteiger partial charge in [-0.25, -0.2) is 9.18 Å². The average molecular weight is 290 g/mol. The molecule has 1 heterocycles. The normalized spacial score (nSPS) is 10.1. The molecule has 0 atom stereocenters. The van der Waals surface area contributed by atoms with Crippen molar-refractivity contribution in [2.45, 2.75) is 6.54 Å². The number of nitrogens with zero attached hydrogens (tertiary/aromatic N) is 1. The second-order valence-corrected chi connectivity index (χ2v) is 4.22. The van der Waals surface area contributed by atoms with Crippen LogP contribution in [0, 0.1) is 5.82 Å². The SMILES string of the molecule is O=C(Cn1cc(C(=O)O)ccc1=O)Nc1ccccc1F. The van der Waals surface area contributed by atoms with Crippen molar-refractivity contribution in [2.75, 3.05) is 5.32 Å². The molecule has 0 aliphatic carbocycles. The van der Waals surface area contributed by atoms with Gasteiger partial charge in [0, 0.05) is 12.3 Å². The third-order valence-electron chi connectivity index (χ3n) is 2.69. The molecule has 2 rings (SSSR count). The lowest BCUT2D eigenvalue weighted by atomic mass is 10.3. The molecule has 0 fully saturated rings. The Labute approximate surface area is 118 Å². The van der Waals surface area contributed by atoms with Crippen LogP contribution in [0.1, 0.15) is 10.4 Å². The number of anilines is 1. The molecule has 21 heavy (non-hydrogen) atoms. The summed E-state index contributed by atoms with van der Waals surface area (Å²) >= 11 is 0. The highest BCUT2D eigenvalue weighted by Crippen LogP contribution is 2.12. The Balaban J connectivity index is 2.17. The molecule has 0 aliphatic heterocycles. The van der Waals surface area contributed by atoms with Gasteiger partial charge in [-0.2, -0.15) is 0 Å². The quantitative estimate of drug-likeness (QED) is 0.889. The lowest BCUT2D eigenvalue weighted by Gasteiger charge is -2.08. The van der Waals surface area contributed by atoms with E-state index < -0.39 is 29.8 Å². The second-order valence-electron chi connectivity index (χ2n) is 4.22. The van der Waals surface area contributed by atoms with Gasteiger partial charge in [0.15, 0.2) is 0 Å². The fourth-order valence-corrected chi connectivity index (χ4v) is 1.69. The number of hydrogen-bond acceptors (Lipinski definition) is 3. The number of para-hydroxylation sites is 1. The molecular formula is C14H11FN2O4. The van der Waals surface area contributed by atoms with Crippen LogP contribution in [0.5, 0.6) is 0 Å².